The van der Waals surface area contributed by atoms with Crippen molar-refractivity contribution >= 4 is 23.2 Å². The summed E-state index contributed by atoms with van der Waals surface area (Å²) in [5.41, 5.74) is 0.491. The van der Waals surface area contributed by atoms with Crippen LogP contribution in [-0.2, 0) is 20.8 Å². The average molecular weight is 399 g/mol. The van der Waals surface area contributed by atoms with Crippen molar-refractivity contribution in [1.82, 2.24) is 9.88 Å². The average Bonchev–Trinajstić information content (AvgIpc) is 3.03. The van der Waals surface area contributed by atoms with Crippen molar-refractivity contribution in [3.63, 3.8) is 0 Å². The van der Waals surface area contributed by atoms with Gasteiger partial charge < -0.3 is 14.4 Å². The molecule has 0 aromatic carbocycles. The van der Waals surface area contributed by atoms with Gasteiger partial charge in [0.1, 0.15) is 5.01 Å². The lowest BCUT2D eigenvalue weighted by molar-refractivity contribution is -0.133. The number of hydrogen-bond acceptors (Lipinski definition) is 6. The predicted molar refractivity (Wildman–Crippen MR) is 108 cm³/mol. The molecule has 0 saturated carbocycles. The molecule has 0 aliphatic rings. The summed E-state index contributed by atoms with van der Waals surface area (Å²) in [5, 5.41) is 2.41. The van der Waals surface area contributed by atoms with E-state index in [2.05, 4.69) is 32.7 Å². The molecule has 0 spiro atoms. The van der Waals surface area contributed by atoms with Crippen LogP contribution >= 0.6 is 11.3 Å². The first-order valence-electron chi connectivity index (χ1n) is 9.54. The zero-order valence-corrected chi connectivity index (χ0v) is 18.4. The second-order valence-electron chi connectivity index (χ2n) is 8.06. The van der Waals surface area contributed by atoms with Gasteiger partial charge in [0.25, 0.3) is 0 Å². The summed E-state index contributed by atoms with van der Waals surface area (Å²) in [6.45, 7) is 13.0. The van der Waals surface area contributed by atoms with E-state index in [0.29, 0.717) is 44.3 Å². The summed E-state index contributed by atoms with van der Waals surface area (Å²) in [7, 11) is 1.33. The number of thiazole rings is 1. The van der Waals surface area contributed by atoms with E-state index >= 15 is 0 Å². The maximum absolute atomic E-state index is 12.9. The molecule has 7 heteroatoms. The first-order valence-corrected chi connectivity index (χ1v) is 10.4. The van der Waals surface area contributed by atoms with Crippen molar-refractivity contribution < 1.29 is 19.1 Å². The Hall–Kier alpha value is -1.47. The molecule has 0 saturated heterocycles. The summed E-state index contributed by atoms with van der Waals surface area (Å²) in [6.07, 6.45) is 2.29. The number of methoxy groups -OCH3 is 1. The summed E-state index contributed by atoms with van der Waals surface area (Å²) in [4.78, 5) is 30.6. The largest absolute Gasteiger partial charge is 0.464 e. The highest BCUT2D eigenvalue weighted by atomic mass is 32.1. The number of hydrogen-bond donors (Lipinski definition) is 0. The molecule has 0 bridgehead atoms. The minimum Gasteiger partial charge on any atom is -0.464 e. The van der Waals surface area contributed by atoms with Gasteiger partial charge >= 0.3 is 5.97 Å². The molecule has 0 radical (unpaired) electrons. The van der Waals surface area contributed by atoms with Crippen LogP contribution in [0.4, 0.5) is 0 Å². The topological polar surface area (TPSA) is 68.7 Å². The van der Waals surface area contributed by atoms with Crippen LogP contribution in [0.5, 0.6) is 0 Å². The third-order valence-electron chi connectivity index (χ3n) is 4.03. The molecule has 27 heavy (non-hydrogen) atoms. The third-order valence-corrected chi connectivity index (χ3v) is 4.86. The normalized spacial score (nSPS) is 12.7. The van der Waals surface area contributed by atoms with Gasteiger partial charge in [0.15, 0.2) is 5.69 Å². The van der Waals surface area contributed by atoms with E-state index in [4.69, 9.17) is 9.47 Å². The Morgan fingerprint density at radius 3 is 2.63 bits per heavy atom. The van der Waals surface area contributed by atoms with Gasteiger partial charge in [-0.3, -0.25) is 4.79 Å². The molecule has 0 unspecified atom stereocenters. The number of rotatable bonds is 11. The molecule has 1 aromatic rings. The first-order chi connectivity index (χ1) is 12.7. The molecular formula is C20H34N2O4S. The predicted octanol–water partition coefficient (Wildman–Crippen LogP) is 4.15. The summed E-state index contributed by atoms with van der Waals surface area (Å²) in [6, 6.07) is 0. The lowest BCUT2D eigenvalue weighted by Gasteiger charge is -2.26. The number of esters is 1. The van der Waals surface area contributed by atoms with Gasteiger partial charge in [-0.05, 0) is 31.1 Å². The molecule has 154 valence electrons. The molecule has 1 rings (SSSR count). The zero-order valence-electron chi connectivity index (χ0n) is 17.5. The molecule has 0 N–H and O–H groups in total. The highest BCUT2D eigenvalue weighted by Gasteiger charge is 2.22. The standard InChI is InChI=1S/C20H34N2O4S/c1-7-26-10-8-9-22(18(23)11-15(2)12-20(3,4)5)13-17-21-16(14-27-17)19(24)25-6/h14-15H,7-13H2,1-6H3/t15-/m1/s1. The fourth-order valence-corrected chi connectivity index (χ4v) is 3.86. The van der Waals surface area contributed by atoms with Gasteiger partial charge in [0, 0.05) is 31.6 Å². The number of carbonyl (C=O) groups is 2. The highest BCUT2D eigenvalue weighted by Crippen LogP contribution is 2.26. The van der Waals surface area contributed by atoms with Gasteiger partial charge in [-0.2, -0.15) is 0 Å². The fraction of sp³-hybridized carbons (Fsp3) is 0.750. The van der Waals surface area contributed by atoms with Crippen LogP contribution in [0.15, 0.2) is 5.38 Å². The minimum absolute atomic E-state index is 0.123. The molecule has 1 atom stereocenters. The molecule has 0 aliphatic heterocycles. The Labute approximate surface area is 167 Å². The Balaban J connectivity index is 2.74. The molecule has 1 aromatic heterocycles. The van der Waals surface area contributed by atoms with Crippen LogP contribution in [0.2, 0.25) is 0 Å². The maximum Gasteiger partial charge on any atom is 0.357 e. The second-order valence-corrected chi connectivity index (χ2v) is 9.00. The Morgan fingerprint density at radius 2 is 2.04 bits per heavy atom. The SMILES string of the molecule is CCOCCCN(Cc1nc(C(=O)OC)cs1)C(=O)C[C@@H](C)CC(C)(C)C. The van der Waals surface area contributed by atoms with Gasteiger partial charge in [-0.1, -0.05) is 27.7 Å². The van der Waals surface area contributed by atoms with E-state index in [1.165, 1.54) is 18.4 Å². The smallest absolute Gasteiger partial charge is 0.357 e. The highest BCUT2D eigenvalue weighted by molar-refractivity contribution is 7.09. The van der Waals surface area contributed by atoms with Crippen molar-refractivity contribution in [2.45, 2.75) is 60.4 Å². The van der Waals surface area contributed by atoms with E-state index in [0.717, 1.165) is 17.8 Å². The molecule has 0 fully saturated rings. The monoisotopic (exact) mass is 398 g/mol. The van der Waals surface area contributed by atoms with Crippen LogP contribution in [0.3, 0.4) is 0 Å². The van der Waals surface area contributed by atoms with Crippen LogP contribution in [-0.4, -0.2) is 48.6 Å². The van der Waals surface area contributed by atoms with Gasteiger partial charge in [-0.15, -0.1) is 11.3 Å². The number of nitrogens with zero attached hydrogens (tertiary/aromatic N) is 2. The van der Waals surface area contributed by atoms with Crippen molar-refractivity contribution in [2.75, 3.05) is 26.9 Å². The van der Waals surface area contributed by atoms with Crippen LogP contribution < -0.4 is 0 Å². The van der Waals surface area contributed by atoms with Gasteiger partial charge in [-0.25, -0.2) is 9.78 Å². The molecule has 6 nitrogen and oxygen atoms in total. The van der Waals surface area contributed by atoms with Crippen LogP contribution in [0.1, 0.15) is 69.4 Å². The molecule has 1 heterocycles. The fourth-order valence-electron chi connectivity index (χ4n) is 3.08. The number of amides is 1. The van der Waals surface area contributed by atoms with E-state index in [1.54, 1.807) is 5.38 Å². The first kappa shape index (κ1) is 23.6. The van der Waals surface area contributed by atoms with E-state index in [-0.39, 0.29) is 11.3 Å². The number of carbonyl (C=O) groups excluding carboxylic acids is 2. The van der Waals surface area contributed by atoms with Gasteiger partial charge in [0.2, 0.25) is 5.91 Å². The Kier molecular flexibility index (Phi) is 9.94. The van der Waals surface area contributed by atoms with Gasteiger partial charge in [0.05, 0.1) is 13.7 Å². The van der Waals surface area contributed by atoms with Crippen LogP contribution in [0, 0.1) is 11.3 Å². The second kappa shape index (κ2) is 11.4. The molecular weight excluding hydrogens is 364 g/mol. The summed E-state index contributed by atoms with van der Waals surface area (Å²) < 4.78 is 10.1. The third kappa shape index (κ3) is 9.33. The Morgan fingerprint density at radius 1 is 1.33 bits per heavy atom. The van der Waals surface area contributed by atoms with Crippen LogP contribution in [0.25, 0.3) is 0 Å². The number of ether oxygens (including phenoxy) is 2. The minimum atomic E-state index is -0.453. The zero-order chi connectivity index (χ0) is 20.4. The Bertz CT molecular complexity index is 595. The maximum atomic E-state index is 12.9. The molecule has 0 aliphatic carbocycles. The van der Waals surface area contributed by atoms with E-state index in [9.17, 15) is 9.59 Å². The van der Waals surface area contributed by atoms with E-state index < -0.39 is 5.97 Å². The van der Waals surface area contributed by atoms with E-state index in [1.807, 2.05) is 11.8 Å². The lowest BCUT2D eigenvalue weighted by Crippen LogP contribution is -2.33. The van der Waals surface area contributed by atoms with Crippen molar-refractivity contribution in [3.8, 4) is 0 Å². The lowest BCUT2D eigenvalue weighted by atomic mass is 9.84. The quantitative estimate of drug-likeness (QED) is 0.414. The number of aromatic nitrogens is 1. The summed E-state index contributed by atoms with van der Waals surface area (Å²) >= 11 is 1.37. The van der Waals surface area contributed by atoms with Crippen molar-refractivity contribution in [2.24, 2.45) is 11.3 Å². The summed E-state index contributed by atoms with van der Waals surface area (Å²) in [5.74, 6) is -0.0163. The van der Waals surface area contributed by atoms with Crippen molar-refractivity contribution in [3.05, 3.63) is 16.1 Å². The molecule has 1 amide bonds. The van der Waals surface area contributed by atoms with Crippen molar-refractivity contribution in [1.29, 1.82) is 0 Å².